The van der Waals surface area contributed by atoms with Crippen molar-refractivity contribution >= 4 is 16.8 Å². The number of carbonyl (C=O) groups is 1. The van der Waals surface area contributed by atoms with Crippen LogP contribution in [0.1, 0.15) is 12.0 Å². The summed E-state index contributed by atoms with van der Waals surface area (Å²) in [6.07, 6.45) is 2.30. The van der Waals surface area contributed by atoms with E-state index in [0.29, 0.717) is 13.0 Å². The van der Waals surface area contributed by atoms with E-state index in [2.05, 4.69) is 29.5 Å². The van der Waals surface area contributed by atoms with Crippen molar-refractivity contribution in [3.8, 4) is 0 Å². The van der Waals surface area contributed by atoms with E-state index in [1.54, 1.807) is 7.05 Å². The molecule has 0 saturated heterocycles. The zero-order valence-electron chi connectivity index (χ0n) is 9.53. The van der Waals surface area contributed by atoms with Crippen LogP contribution in [0.25, 0.3) is 10.9 Å². The number of aryl methyl sites for hydroxylation is 2. The first-order valence-corrected chi connectivity index (χ1v) is 5.33. The summed E-state index contributed by atoms with van der Waals surface area (Å²) in [6, 6.07) is 6.20. The van der Waals surface area contributed by atoms with Crippen LogP contribution in [0.15, 0.2) is 24.4 Å². The largest absolute Gasteiger partial charge is 0.359 e. The summed E-state index contributed by atoms with van der Waals surface area (Å²) in [4.78, 5) is 11.1. The molecule has 0 aliphatic heterocycles. The average Bonchev–Trinajstić information content (AvgIpc) is 2.68. The van der Waals surface area contributed by atoms with E-state index in [1.807, 2.05) is 16.9 Å². The first kappa shape index (κ1) is 10.7. The lowest BCUT2D eigenvalue weighted by Gasteiger charge is -2.03. The molecule has 1 aromatic carbocycles. The van der Waals surface area contributed by atoms with Gasteiger partial charge in [-0.25, -0.2) is 0 Å². The molecule has 1 N–H and O–H groups in total. The number of carbonyl (C=O) groups excluding carboxylic acids is 1. The molecule has 0 bridgehead atoms. The summed E-state index contributed by atoms with van der Waals surface area (Å²) >= 11 is 0. The monoisotopic (exact) mass is 217 g/mol. The highest BCUT2D eigenvalue weighted by Gasteiger charge is 2.04. The number of fused-ring (bicyclic) bond motifs is 1. The van der Waals surface area contributed by atoms with E-state index in [4.69, 9.17) is 0 Å². The number of rotatable bonds is 3. The van der Waals surface area contributed by atoms with Crippen LogP contribution in [0.3, 0.4) is 0 Å². The lowest BCUT2D eigenvalue weighted by Crippen LogP contribution is -2.19. The minimum absolute atomic E-state index is 0.0377. The van der Waals surface area contributed by atoms with Crippen LogP contribution in [0.2, 0.25) is 0 Å². The standard InChI is InChI=1S/C12H15N3O/c1-9-3-4-11-10(7-9)8-14-15(11)6-5-12(16)13-2/h3-4,7-8H,5-6H2,1-2H3,(H,13,16). The fourth-order valence-corrected chi connectivity index (χ4v) is 1.72. The maximum atomic E-state index is 11.1. The van der Waals surface area contributed by atoms with Crippen LogP contribution < -0.4 is 5.32 Å². The predicted molar refractivity (Wildman–Crippen MR) is 63.2 cm³/mol. The summed E-state index contributed by atoms with van der Waals surface area (Å²) in [5.74, 6) is 0.0377. The van der Waals surface area contributed by atoms with Crippen molar-refractivity contribution in [1.82, 2.24) is 15.1 Å². The van der Waals surface area contributed by atoms with Crippen molar-refractivity contribution in [3.63, 3.8) is 0 Å². The average molecular weight is 217 g/mol. The molecular weight excluding hydrogens is 202 g/mol. The smallest absolute Gasteiger partial charge is 0.221 e. The third kappa shape index (κ3) is 2.05. The van der Waals surface area contributed by atoms with Crippen molar-refractivity contribution in [3.05, 3.63) is 30.0 Å². The van der Waals surface area contributed by atoms with E-state index in [9.17, 15) is 4.79 Å². The Hall–Kier alpha value is -1.84. The minimum atomic E-state index is 0.0377. The summed E-state index contributed by atoms with van der Waals surface area (Å²) in [7, 11) is 1.65. The van der Waals surface area contributed by atoms with E-state index in [0.717, 1.165) is 10.9 Å². The molecule has 0 radical (unpaired) electrons. The molecule has 0 aliphatic rings. The van der Waals surface area contributed by atoms with Gasteiger partial charge in [-0.3, -0.25) is 9.48 Å². The Balaban J connectivity index is 2.22. The minimum Gasteiger partial charge on any atom is -0.359 e. The van der Waals surface area contributed by atoms with Gasteiger partial charge in [-0.15, -0.1) is 0 Å². The SMILES string of the molecule is CNC(=O)CCn1ncc2cc(C)ccc21. The van der Waals surface area contributed by atoms with Crippen molar-refractivity contribution in [1.29, 1.82) is 0 Å². The zero-order valence-corrected chi connectivity index (χ0v) is 9.53. The highest BCUT2D eigenvalue weighted by atomic mass is 16.1. The second-order valence-electron chi connectivity index (χ2n) is 3.85. The van der Waals surface area contributed by atoms with Gasteiger partial charge in [-0.1, -0.05) is 11.6 Å². The van der Waals surface area contributed by atoms with E-state index in [-0.39, 0.29) is 5.91 Å². The van der Waals surface area contributed by atoms with Crippen molar-refractivity contribution in [2.75, 3.05) is 7.05 Å². The van der Waals surface area contributed by atoms with E-state index >= 15 is 0 Å². The molecule has 84 valence electrons. The van der Waals surface area contributed by atoms with Crippen LogP contribution in [0.4, 0.5) is 0 Å². The molecule has 4 nitrogen and oxygen atoms in total. The third-order valence-electron chi connectivity index (χ3n) is 2.63. The summed E-state index contributed by atoms with van der Waals surface area (Å²) in [6.45, 7) is 2.67. The highest BCUT2D eigenvalue weighted by Crippen LogP contribution is 2.15. The molecule has 2 rings (SSSR count). The molecule has 16 heavy (non-hydrogen) atoms. The third-order valence-corrected chi connectivity index (χ3v) is 2.63. The number of nitrogens with zero attached hydrogens (tertiary/aromatic N) is 2. The summed E-state index contributed by atoms with van der Waals surface area (Å²) in [5, 5.41) is 8.01. The van der Waals surface area contributed by atoms with Gasteiger partial charge in [0, 0.05) is 18.9 Å². The Morgan fingerprint density at radius 3 is 3.06 bits per heavy atom. The van der Waals surface area contributed by atoms with Gasteiger partial charge in [0.1, 0.15) is 0 Å². The fraction of sp³-hybridized carbons (Fsp3) is 0.333. The fourth-order valence-electron chi connectivity index (χ4n) is 1.72. The number of aromatic nitrogens is 2. The molecule has 1 aromatic heterocycles. The molecule has 0 spiro atoms. The number of hydrogen-bond acceptors (Lipinski definition) is 2. The van der Waals surface area contributed by atoms with Crippen LogP contribution in [-0.2, 0) is 11.3 Å². The lowest BCUT2D eigenvalue weighted by atomic mass is 10.2. The predicted octanol–water partition coefficient (Wildman–Crippen LogP) is 1.48. The Labute approximate surface area is 94.3 Å². The highest BCUT2D eigenvalue weighted by molar-refractivity contribution is 5.80. The van der Waals surface area contributed by atoms with Crippen LogP contribution in [0, 0.1) is 6.92 Å². The van der Waals surface area contributed by atoms with E-state index in [1.165, 1.54) is 5.56 Å². The van der Waals surface area contributed by atoms with Crippen LogP contribution in [0.5, 0.6) is 0 Å². The Morgan fingerprint density at radius 2 is 2.31 bits per heavy atom. The topological polar surface area (TPSA) is 46.9 Å². The van der Waals surface area contributed by atoms with Gasteiger partial charge >= 0.3 is 0 Å². The molecule has 0 atom stereocenters. The van der Waals surface area contributed by atoms with Crippen molar-refractivity contribution in [2.45, 2.75) is 19.9 Å². The second-order valence-corrected chi connectivity index (χ2v) is 3.85. The Kier molecular flexibility index (Phi) is 2.90. The number of amides is 1. The quantitative estimate of drug-likeness (QED) is 0.846. The zero-order chi connectivity index (χ0) is 11.5. The molecule has 4 heteroatoms. The molecule has 0 fully saturated rings. The normalized spacial score (nSPS) is 10.6. The molecule has 0 saturated carbocycles. The Bertz CT molecular complexity index is 516. The first-order chi connectivity index (χ1) is 7.70. The Morgan fingerprint density at radius 1 is 1.50 bits per heavy atom. The number of benzene rings is 1. The second kappa shape index (κ2) is 4.35. The van der Waals surface area contributed by atoms with Crippen molar-refractivity contribution < 1.29 is 4.79 Å². The number of nitrogens with one attached hydrogen (secondary N) is 1. The molecular formula is C12H15N3O. The van der Waals surface area contributed by atoms with Gasteiger partial charge < -0.3 is 5.32 Å². The van der Waals surface area contributed by atoms with Gasteiger partial charge in [0.25, 0.3) is 0 Å². The molecule has 2 aromatic rings. The van der Waals surface area contributed by atoms with Gasteiger partial charge in [0.15, 0.2) is 0 Å². The molecule has 1 amide bonds. The summed E-state index contributed by atoms with van der Waals surface area (Å²) < 4.78 is 1.87. The van der Waals surface area contributed by atoms with Gasteiger partial charge in [-0.2, -0.15) is 5.10 Å². The van der Waals surface area contributed by atoms with Gasteiger partial charge in [-0.05, 0) is 19.1 Å². The van der Waals surface area contributed by atoms with Crippen LogP contribution in [-0.4, -0.2) is 22.7 Å². The first-order valence-electron chi connectivity index (χ1n) is 5.33. The van der Waals surface area contributed by atoms with Crippen molar-refractivity contribution in [2.24, 2.45) is 0 Å². The van der Waals surface area contributed by atoms with Gasteiger partial charge in [0.2, 0.25) is 5.91 Å². The maximum Gasteiger partial charge on any atom is 0.221 e. The molecule has 0 unspecified atom stereocenters. The summed E-state index contributed by atoms with van der Waals surface area (Å²) in [5.41, 5.74) is 2.30. The molecule has 0 aliphatic carbocycles. The van der Waals surface area contributed by atoms with Gasteiger partial charge in [0.05, 0.1) is 18.3 Å². The maximum absolute atomic E-state index is 11.1. The van der Waals surface area contributed by atoms with Crippen LogP contribution >= 0.6 is 0 Å². The molecule has 1 heterocycles. The lowest BCUT2D eigenvalue weighted by molar-refractivity contribution is -0.120. The number of hydrogen-bond donors (Lipinski definition) is 1. The van der Waals surface area contributed by atoms with E-state index < -0.39 is 0 Å².